The van der Waals surface area contributed by atoms with Crippen molar-refractivity contribution in [2.75, 3.05) is 13.7 Å². The molecule has 0 radical (unpaired) electrons. The third-order valence-corrected chi connectivity index (χ3v) is 3.73. The highest BCUT2D eigenvalue weighted by atomic mass is 19.1. The van der Waals surface area contributed by atoms with Gasteiger partial charge in [0.15, 0.2) is 5.60 Å². The number of halogens is 2. The van der Waals surface area contributed by atoms with Crippen molar-refractivity contribution in [1.82, 2.24) is 0 Å². The molecule has 0 N–H and O–H groups in total. The maximum atomic E-state index is 14.1. The fourth-order valence-corrected chi connectivity index (χ4v) is 2.56. The van der Waals surface area contributed by atoms with E-state index in [0.29, 0.717) is 17.9 Å². The SMILES string of the molecule is CN=C(c1ccc(C)cc1)C1(c2ccc(F)cc2F)CO1. The molecule has 4 heteroatoms. The van der Waals surface area contributed by atoms with E-state index in [9.17, 15) is 8.78 Å². The summed E-state index contributed by atoms with van der Waals surface area (Å²) in [5, 5.41) is 0. The van der Waals surface area contributed by atoms with Gasteiger partial charge in [0, 0.05) is 18.7 Å². The van der Waals surface area contributed by atoms with Gasteiger partial charge in [0.2, 0.25) is 0 Å². The lowest BCUT2D eigenvalue weighted by Gasteiger charge is -2.16. The molecular formula is C17H15F2NO. The lowest BCUT2D eigenvalue weighted by Crippen LogP contribution is -2.25. The van der Waals surface area contributed by atoms with Crippen LogP contribution in [0.15, 0.2) is 47.5 Å². The molecule has 0 amide bonds. The van der Waals surface area contributed by atoms with Crippen LogP contribution in [0.3, 0.4) is 0 Å². The summed E-state index contributed by atoms with van der Waals surface area (Å²) in [6.45, 7) is 2.34. The van der Waals surface area contributed by atoms with E-state index in [-0.39, 0.29) is 0 Å². The number of rotatable bonds is 3. The van der Waals surface area contributed by atoms with Crippen LogP contribution >= 0.6 is 0 Å². The van der Waals surface area contributed by atoms with E-state index >= 15 is 0 Å². The molecule has 0 saturated carbocycles. The summed E-state index contributed by atoms with van der Waals surface area (Å²) in [4.78, 5) is 4.29. The molecule has 3 rings (SSSR count). The van der Waals surface area contributed by atoms with Crippen LogP contribution in [-0.2, 0) is 10.3 Å². The smallest absolute Gasteiger partial charge is 0.161 e. The number of benzene rings is 2. The maximum absolute atomic E-state index is 14.1. The average Bonchev–Trinajstić information content (AvgIpc) is 3.23. The molecule has 21 heavy (non-hydrogen) atoms. The Morgan fingerprint density at radius 3 is 2.33 bits per heavy atom. The van der Waals surface area contributed by atoms with Gasteiger partial charge in [0.05, 0.1) is 12.3 Å². The number of epoxide rings is 1. The second kappa shape index (κ2) is 5.04. The summed E-state index contributed by atoms with van der Waals surface area (Å²) in [6, 6.07) is 11.3. The Morgan fingerprint density at radius 1 is 1.14 bits per heavy atom. The van der Waals surface area contributed by atoms with Gasteiger partial charge in [-0.3, -0.25) is 4.99 Å². The number of hydrogen-bond acceptors (Lipinski definition) is 2. The Morgan fingerprint density at radius 2 is 1.81 bits per heavy atom. The van der Waals surface area contributed by atoms with Crippen LogP contribution < -0.4 is 0 Å². The minimum atomic E-state index is -0.901. The van der Waals surface area contributed by atoms with E-state index in [0.717, 1.165) is 17.2 Å². The summed E-state index contributed by atoms with van der Waals surface area (Å²) in [5.74, 6) is -1.21. The maximum Gasteiger partial charge on any atom is 0.161 e. The van der Waals surface area contributed by atoms with E-state index in [1.165, 1.54) is 12.1 Å². The highest BCUT2D eigenvalue weighted by molar-refractivity contribution is 6.08. The highest BCUT2D eigenvalue weighted by Crippen LogP contribution is 2.43. The van der Waals surface area contributed by atoms with Gasteiger partial charge in [0.1, 0.15) is 11.6 Å². The Kier molecular flexibility index (Phi) is 3.33. The van der Waals surface area contributed by atoms with Crippen molar-refractivity contribution in [2.45, 2.75) is 12.5 Å². The molecule has 1 heterocycles. The van der Waals surface area contributed by atoms with Crippen LogP contribution in [0.2, 0.25) is 0 Å². The van der Waals surface area contributed by atoms with Gasteiger partial charge in [-0.05, 0) is 24.6 Å². The number of ether oxygens (including phenoxy) is 1. The first kappa shape index (κ1) is 13.9. The Bertz CT molecular complexity index is 703. The zero-order chi connectivity index (χ0) is 15.0. The standard InChI is InChI=1S/C17H15F2NO/c1-11-3-5-12(6-4-11)16(20-2)17(10-21-17)14-8-7-13(18)9-15(14)19/h3-9H,10H2,1-2H3. The van der Waals surface area contributed by atoms with Gasteiger partial charge in [0.25, 0.3) is 0 Å². The third kappa shape index (κ3) is 2.36. The summed E-state index contributed by atoms with van der Waals surface area (Å²) in [7, 11) is 1.65. The molecule has 0 aliphatic carbocycles. The Labute approximate surface area is 122 Å². The van der Waals surface area contributed by atoms with Gasteiger partial charge in [-0.1, -0.05) is 29.8 Å². The molecule has 1 aliphatic heterocycles. The van der Waals surface area contributed by atoms with Crippen LogP contribution in [-0.4, -0.2) is 19.4 Å². The van der Waals surface area contributed by atoms with Crippen LogP contribution in [0.4, 0.5) is 8.78 Å². The lowest BCUT2D eigenvalue weighted by molar-refractivity contribution is 0.364. The van der Waals surface area contributed by atoms with E-state index in [1.807, 2.05) is 31.2 Å². The lowest BCUT2D eigenvalue weighted by atomic mass is 9.89. The molecule has 2 aromatic rings. The van der Waals surface area contributed by atoms with E-state index in [4.69, 9.17) is 4.74 Å². The number of hydrogen-bond donors (Lipinski definition) is 0. The van der Waals surface area contributed by atoms with E-state index in [2.05, 4.69) is 4.99 Å². The summed E-state index contributed by atoms with van der Waals surface area (Å²) >= 11 is 0. The van der Waals surface area contributed by atoms with Gasteiger partial charge in [-0.15, -0.1) is 0 Å². The predicted molar refractivity (Wildman–Crippen MR) is 77.6 cm³/mol. The molecule has 1 unspecified atom stereocenters. The first-order valence-corrected chi connectivity index (χ1v) is 6.70. The van der Waals surface area contributed by atoms with Crippen LogP contribution in [0.1, 0.15) is 16.7 Å². The molecule has 2 nitrogen and oxygen atoms in total. The molecule has 1 atom stereocenters. The summed E-state index contributed by atoms with van der Waals surface area (Å²) < 4.78 is 32.7. The largest absolute Gasteiger partial charge is 0.358 e. The second-order valence-corrected chi connectivity index (χ2v) is 5.18. The zero-order valence-corrected chi connectivity index (χ0v) is 11.9. The molecule has 108 valence electrons. The monoisotopic (exact) mass is 287 g/mol. The Balaban J connectivity index is 2.06. The summed E-state index contributed by atoms with van der Waals surface area (Å²) in [6.07, 6.45) is 0. The zero-order valence-electron chi connectivity index (χ0n) is 11.9. The topological polar surface area (TPSA) is 24.9 Å². The van der Waals surface area contributed by atoms with Crippen molar-refractivity contribution in [3.8, 4) is 0 Å². The van der Waals surface area contributed by atoms with Gasteiger partial charge >= 0.3 is 0 Å². The van der Waals surface area contributed by atoms with Crippen LogP contribution in [0.25, 0.3) is 0 Å². The van der Waals surface area contributed by atoms with Crippen molar-refractivity contribution >= 4 is 5.71 Å². The van der Waals surface area contributed by atoms with Crippen molar-refractivity contribution in [1.29, 1.82) is 0 Å². The molecule has 1 fully saturated rings. The van der Waals surface area contributed by atoms with Crippen molar-refractivity contribution in [3.05, 3.63) is 70.8 Å². The minimum Gasteiger partial charge on any atom is -0.358 e. The first-order chi connectivity index (χ1) is 10.1. The number of nitrogens with zero attached hydrogens (tertiary/aromatic N) is 1. The van der Waals surface area contributed by atoms with Crippen molar-refractivity contribution < 1.29 is 13.5 Å². The fourth-order valence-electron chi connectivity index (χ4n) is 2.56. The van der Waals surface area contributed by atoms with E-state index < -0.39 is 17.2 Å². The first-order valence-electron chi connectivity index (χ1n) is 6.70. The molecular weight excluding hydrogens is 272 g/mol. The van der Waals surface area contributed by atoms with Gasteiger partial charge < -0.3 is 4.74 Å². The minimum absolute atomic E-state index is 0.324. The second-order valence-electron chi connectivity index (χ2n) is 5.18. The van der Waals surface area contributed by atoms with Crippen LogP contribution in [0.5, 0.6) is 0 Å². The molecule has 0 aromatic heterocycles. The number of aryl methyl sites for hydroxylation is 1. The average molecular weight is 287 g/mol. The molecule has 1 saturated heterocycles. The van der Waals surface area contributed by atoms with Crippen molar-refractivity contribution in [3.63, 3.8) is 0 Å². The quantitative estimate of drug-likeness (QED) is 0.625. The van der Waals surface area contributed by atoms with Crippen LogP contribution in [0, 0.1) is 18.6 Å². The normalized spacial score (nSPS) is 21.4. The highest BCUT2D eigenvalue weighted by Gasteiger charge is 2.53. The molecule has 1 aliphatic rings. The fraction of sp³-hybridized carbons (Fsp3) is 0.235. The van der Waals surface area contributed by atoms with E-state index in [1.54, 1.807) is 7.05 Å². The van der Waals surface area contributed by atoms with Gasteiger partial charge in [-0.2, -0.15) is 0 Å². The predicted octanol–water partition coefficient (Wildman–Crippen LogP) is 3.62. The molecule has 2 aromatic carbocycles. The van der Waals surface area contributed by atoms with Gasteiger partial charge in [-0.25, -0.2) is 8.78 Å². The number of aliphatic imine (C=N–C) groups is 1. The Hall–Kier alpha value is -2.07. The van der Waals surface area contributed by atoms with Crippen molar-refractivity contribution in [2.24, 2.45) is 4.99 Å². The third-order valence-electron chi connectivity index (χ3n) is 3.73. The molecule has 0 spiro atoms. The molecule has 0 bridgehead atoms. The summed E-state index contributed by atoms with van der Waals surface area (Å²) in [5.41, 5.74) is 2.09.